The number of hydrogen-bond donors (Lipinski definition) is 1. The number of aromatic nitrogens is 1. The zero-order chi connectivity index (χ0) is 15.7. The van der Waals surface area contributed by atoms with Gasteiger partial charge in [-0.05, 0) is 46.2 Å². The van der Waals surface area contributed by atoms with Gasteiger partial charge in [-0.2, -0.15) is 0 Å². The summed E-state index contributed by atoms with van der Waals surface area (Å²) in [5.41, 5.74) is 0.257. The second kappa shape index (κ2) is 5.96. The zero-order valence-electron chi connectivity index (χ0n) is 11.1. The zero-order valence-corrected chi connectivity index (χ0v) is 13.3. The molecule has 0 aliphatic rings. The van der Waals surface area contributed by atoms with Crippen LogP contribution in [-0.4, -0.2) is 10.9 Å². The molecule has 0 aliphatic carbocycles. The summed E-state index contributed by atoms with van der Waals surface area (Å²) in [4.78, 5) is 16.4. The van der Waals surface area contributed by atoms with Crippen molar-refractivity contribution in [2.45, 2.75) is 0 Å². The van der Waals surface area contributed by atoms with E-state index in [-0.39, 0.29) is 15.0 Å². The summed E-state index contributed by atoms with van der Waals surface area (Å²) in [6.07, 6.45) is 1.52. The largest absolute Gasteiger partial charge is 0.320 e. The van der Waals surface area contributed by atoms with E-state index in [1.807, 2.05) is 12.1 Å². The van der Waals surface area contributed by atoms with Gasteiger partial charge in [-0.1, -0.05) is 24.3 Å². The molecule has 1 heterocycles. The molecular weight excluding hydrogens is 401 g/mol. The third-order valence-corrected chi connectivity index (χ3v) is 4.16. The second-order valence-corrected chi connectivity index (χ2v) is 5.67. The number of nitrogens with zero attached hydrogens (tertiary/aromatic N) is 1. The number of amides is 1. The topological polar surface area (TPSA) is 42.0 Å². The number of benzene rings is 2. The molecule has 0 radical (unpaired) electrons. The molecule has 1 aromatic heterocycles. The van der Waals surface area contributed by atoms with Crippen LogP contribution in [0.25, 0.3) is 10.8 Å². The molecule has 0 aliphatic heterocycles. The summed E-state index contributed by atoms with van der Waals surface area (Å²) >= 11 is 1.57. The number of anilines is 1. The van der Waals surface area contributed by atoms with Crippen molar-refractivity contribution >= 4 is 45.0 Å². The number of hydrogen-bond acceptors (Lipinski definition) is 2. The minimum Gasteiger partial charge on any atom is -0.320 e. The first-order valence-electron chi connectivity index (χ1n) is 6.36. The third kappa shape index (κ3) is 2.78. The van der Waals surface area contributed by atoms with E-state index in [2.05, 4.69) is 10.3 Å². The summed E-state index contributed by atoms with van der Waals surface area (Å²) in [6.45, 7) is 0. The summed E-state index contributed by atoms with van der Waals surface area (Å²) in [7, 11) is 0. The maximum atomic E-state index is 13.5. The van der Waals surface area contributed by atoms with Gasteiger partial charge in [-0.3, -0.25) is 9.78 Å². The maximum Gasteiger partial charge on any atom is 0.274 e. The predicted molar refractivity (Wildman–Crippen MR) is 88.8 cm³/mol. The Morgan fingerprint density at radius 1 is 1.09 bits per heavy atom. The Bertz CT molecular complexity index is 855. The van der Waals surface area contributed by atoms with E-state index in [0.717, 1.165) is 17.5 Å². The average Bonchev–Trinajstić information content (AvgIpc) is 2.52. The minimum atomic E-state index is -0.721. The van der Waals surface area contributed by atoms with Crippen LogP contribution in [0.2, 0.25) is 0 Å². The van der Waals surface area contributed by atoms with Crippen LogP contribution in [0.5, 0.6) is 0 Å². The SMILES string of the molecule is O=C(Nc1cc(F)c(I)c(F)c1)c1nccc2ccccc12. The Labute approximate surface area is 138 Å². The lowest BCUT2D eigenvalue weighted by atomic mass is 10.1. The highest BCUT2D eigenvalue weighted by Gasteiger charge is 2.14. The quantitative estimate of drug-likeness (QED) is 0.504. The predicted octanol–water partition coefficient (Wildman–Crippen LogP) is 4.37. The van der Waals surface area contributed by atoms with Crippen molar-refractivity contribution in [3.8, 4) is 0 Å². The number of carbonyl (C=O) groups is 1. The van der Waals surface area contributed by atoms with Gasteiger partial charge in [0.15, 0.2) is 0 Å². The van der Waals surface area contributed by atoms with Crippen molar-refractivity contribution in [2.75, 3.05) is 5.32 Å². The van der Waals surface area contributed by atoms with Gasteiger partial charge in [0.25, 0.3) is 5.91 Å². The number of nitrogens with one attached hydrogen (secondary N) is 1. The van der Waals surface area contributed by atoms with E-state index in [1.54, 1.807) is 40.8 Å². The molecule has 22 heavy (non-hydrogen) atoms. The van der Waals surface area contributed by atoms with E-state index in [4.69, 9.17) is 0 Å². The molecule has 110 valence electrons. The van der Waals surface area contributed by atoms with Gasteiger partial charge in [0, 0.05) is 17.3 Å². The van der Waals surface area contributed by atoms with Gasteiger partial charge in [0.05, 0.1) is 3.57 Å². The number of rotatable bonds is 2. The van der Waals surface area contributed by atoms with Gasteiger partial charge < -0.3 is 5.32 Å². The highest BCUT2D eigenvalue weighted by Crippen LogP contribution is 2.22. The number of fused-ring (bicyclic) bond motifs is 1. The molecule has 0 saturated carbocycles. The number of halogens is 3. The van der Waals surface area contributed by atoms with Crippen molar-refractivity contribution in [1.29, 1.82) is 0 Å². The molecule has 1 N–H and O–H groups in total. The molecule has 0 saturated heterocycles. The Balaban J connectivity index is 1.97. The van der Waals surface area contributed by atoms with Crippen LogP contribution in [-0.2, 0) is 0 Å². The molecule has 0 spiro atoms. The monoisotopic (exact) mass is 410 g/mol. The Morgan fingerprint density at radius 2 is 1.77 bits per heavy atom. The summed E-state index contributed by atoms with van der Waals surface area (Å²) in [5, 5.41) is 4.01. The van der Waals surface area contributed by atoms with Gasteiger partial charge in [0.2, 0.25) is 0 Å². The lowest BCUT2D eigenvalue weighted by molar-refractivity contribution is 0.102. The first-order valence-corrected chi connectivity index (χ1v) is 7.44. The molecule has 0 unspecified atom stereocenters. The molecule has 6 heteroatoms. The van der Waals surface area contributed by atoms with E-state index in [1.165, 1.54) is 6.20 Å². The molecule has 1 amide bonds. The van der Waals surface area contributed by atoms with Gasteiger partial charge in [0.1, 0.15) is 17.3 Å². The molecular formula is C16H9F2IN2O. The van der Waals surface area contributed by atoms with Crippen LogP contribution >= 0.6 is 22.6 Å². The van der Waals surface area contributed by atoms with Crippen LogP contribution < -0.4 is 5.32 Å². The van der Waals surface area contributed by atoms with Crippen LogP contribution in [0, 0.1) is 15.2 Å². The Kier molecular flexibility index (Phi) is 4.02. The second-order valence-electron chi connectivity index (χ2n) is 4.59. The van der Waals surface area contributed by atoms with E-state index < -0.39 is 17.5 Å². The van der Waals surface area contributed by atoms with Crippen LogP contribution in [0.1, 0.15) is 10.5 Å². The Morgan fingerprint density at radius 3 is 2.50 bits per heavy atom. The number of carbonyl (C=O) groups excluding carboxylic acids is 1. The Hall–Kier alpha value is -2.09. The van der Waals surface area contributed by atoms with Crippen molar-refractivity contribution < 1.29 is 13.6 Å². The fourth-order valence-electron chi connectivity index (χ4n) is 2.12. The first-order chi connectivity index (χ1) is 10.6. The van der Waals surface area contributed by atoms with Crippen LogP contribution in [0.15, 0.2) is 48.7 Å². The van der Waals surface area contributed by atoms with E-state index in [0.29, 0.717) is 5.39 Å². The van der Waals surface area contributed by atoms with Crippen molar-refractivity contribution in [2.24, 2.45) is 0 Å². The first kappa shape index (κ1) is 14.8. The highest BCUT2D eigenvalue weighted by atomic mass is 127. The molecule has 3 nitrogen and oxygen atoms in total. The average molecular weight is 410 g/mol. The summed E-state index contributed by atoms with van der Waals surface area (Å²) in [5.74, 6) is -1.96. The van der Waals surface area contributed by atoms with Gasteiger partial charge in [-0.25, -0.2) is 8.78 Å². The van der Waals surface area contributed by atoms with Crippen molar-refractivity contribution in [1.82, 2.24) is 4.98 Å². The van der Waals surface area contributed by atoms with Crippen molar-refractivity contribution in [3.63, 3.8) is 0 Å². The summed E-state index contributed by atoms with van der Waals surface area (Å²) < 4.78 is 27.0. The van der Waals surface area contributed by atoms with Crippen molar-refractivity contribution in [3.05, 3.63) is 69.6 Å². The highest BCUT2D eigenvalue weighted by molar-refractivity contribution is 14.1. The van der Waals surface area contributed by atoms with E-state index >= 15 is 0 Å². The van der Waals surface area contributed by atoms with E-state index in [9.17, 15) is 13.6 Å². The minimum absolute atomic E-state index is 0.0511. The van der Waals surface area contributed by atoms with Crippen LogP contribution in [0.3, 0.4) is 0 Å². The standard InChI is InChI=1S/C16H9F2IN2O/c17-12-7-10(8-13(18)14(12)19)21-16(22)15-11-4-2-1-3-9(11)5-6-20-15/h1-8H,(H,21,22). The third-order valence-electron chi connectivity index (χ3n) is 3.13. The fourth-order valence-corrected chi connectivity index (χ4v) is 2.43. The maximum absolute atomic E-state index is 13.5. The lowest BCUT2D eigenvalue weighted by Gasteiger charge is -2.08. The van der Waals surface area contributed by atoms with Crippen LogP contribution in [0.4, 0.5) is 14.5 Å². The molecule has 2 aromatic carbocycles. The molecule has 3 aromatic rings. The number of pyridine rings is 1. The molecule has 0 fully saturated rings. The molecule has 0 atom stereocenters. The normalized spacial score (nSPS) is 10.7. The molecule has 0 bridgehead atoms. The molecule has 3 rings (SSSR count). The fraction of sp³-hybridized carbons (Fsp3) is 0. The summed E-state index contributed by atoms with van der Waals surface area (Å²) in [6, 6.07) is 11.2. The lowest BCUT2D eigenvalue weighted by Crippen LogP contribution is -2.14. The smallest absolute Gasteiger partial charge is 0.274 e. The van der Waals surface area contributed by atoms with Gasteiger partial charge in [-0.15, -0.1) is 0 Å². The van der Waals surface area contributed by atoms with Gasteiger partial charge >= 0.3 is 0 Å².